The zero-order valence-electron chi connectivity index (χ0n) is 12.1. The standard InChI is InChI=1S/C14H19N3O4/c1-16(2)7-9-6-10(18)8-17(9)13(19)12-11(14(20)21)4-3-5-15-12/h3-5,9-10,18H,6-8H2,1-2H3,(H,20,21). The summed E-state index contributed by atoms with van der Waals surface area (Å²) in [6.07, 6.45) is 1.29. The molecule has 2 unspecified atom stereocenters. The molecule has 0 bridgehead atoms. The number of pyridine rings is 1. The number of carbonyl (C=O) groups is 2. The highest BCUT2D eigenvalue weighted by Gasteiger charge is 2.36. The lowest BCUT2D eigenvalue weighted by Gasteiger charge is -2.26. The number of aliphatic hydroxyl groups is 1. The van der Waals surface area contributed by atoms with Crippen LogP contribution in [0.4, 0.5) is 0 Å². The van der Waals surface area contributed by atoms with Gasteiger partial charge in [0.25, 0.3) is 5.91 Å². The molecule has 1 aliphatic heterocycles. The average molecular weight is 293 g/mol. The van der Waals surface area contributed by atoms with Gasteiger partial charge in [-0.15, -0.1) is 0 Å². The molecule has 2 N–H and O–H groups in total. The predicted octanol–water partition coefficient (Wildman–Crippen LogP) is -0.0832. The number of hydrogen-bond donors (Lipinski definition) is 2. The van der Waals surface area contributed by atoms with Crippen LogP contribution in [0.2, 0.25) is 0 Å². The molecule has 1 aromatic heterocycles. The van der Waals surface area contributed by atoms with Crippen LogP contribution in [0.3, 0.4) is 0 Å². The number of amides is 1. The van der Waals surface area contributed by atoms with Gasteiger partial charge in [0.1, 0.15) is 5.69 Å². The lowest BCUT2D eigenvalue weighted by atomic mass is 10.1. The van der Waals surface area contributed by atoms with Gasteiger partial charge in [0, 0.05) is 25.3 Å². The van der Waals surface area contributed by atoms with Crippen LogP contribution in [-0.4, -0.2) is 76.2 Å². The van der Waals surface area contributed by atoms with Crippen molar-refractivity contribution in [1.29, 1.82) is 0 Å². The summed E-state index contributed by atoms with van der Waals surface area (Å²) in [5.41, 5.74) is -0.199. The zero-order valence-corrected chi connectivity index (χ0v) is 12.1. The maximum Gasteiger partial charge on any atom is 0.338 e. The van der Waals surface area contributed by atoms with Gasteiger partial charge in [-0.25, -0.2) is 4.79 Å². The highest BCUT2D eigenvalue weighted by molar-refractivity contribution is 6.03. The maximum atomic E-state index is 12.6. The highest BCUT2D eigenvalue weighted by atomic mass is 16.4. The maximum absolute atomic E-state index is 12.6. The van der Waals surface area contributed by atoms with E-state index in [9.17, 15) is 14.7 Å². The van der Waals surface area contributed by atoms with Crippen molar-refractivity contribution in [3.8, 4) is 0 Å². The number of aromatic nitrogens is 1. The van der Waals surface area contributed by atoms with Gasteiger partial charge in [0.2, 0.25) is 0 Å². The number of β-amino-alcohol motifs (C(OH)–C–C–N with tert-alkyl or cyclic N) is 1. The van der Waals surface area contributed by atoms with Crippen molar-refractivity contribution in [2.75, 3.05) is 27.2 Å². The van der Waals surface area contributed by atoms with Gasteiger partial charge < -0.3 is 20.0 Å². The second kappa shape index (κ2) is 6.19. The molecule has 0 aliphatic carbocycles. The summed E-state index contributed by atoms with van der Waals surface area (Å²) in [6, 6.07) is 2.69. The van der Waals surface area contributed by atoms with E-state index in [0.29, 0.717) is 13.0 Å². The molecule has 0 spiro atoms. The normalized spacial score (nSPS) is 21.8. The molecule has 2 heterocycles. The molecule has 2 atom stereocenters. The smallest absolute Gasteiger partial charge is 0.338 e. The van der Waals surface area contributed by atoms with Crippen molar-refractivity contribution >= 4 is 11.9 Å². The topological polar surface area (TPSA) is 94.0 Å². The Kier molecular flexibility index (Phi) is 4.54. The van der Waals surface area contributed by atoms with Crippen LogP contribution in [-0.2, 0) is 0 Å². The van der Waals surface area contributed by atoms with Crippen molar-refractivity contribution in [2.45, 2.75) is 18.6 Å². The molecule has 7 heteroatoms. The van der Waals surface area contributed by atoms with Gasteiger partial charge in [-0.05, 0) is 32.6 Å². The van der Waals surface area contributed by atoms with E-state index in [1.165, 1.54) is 23.2 Å². The fourth-order valence-corrected chi connectivity index (χ4v) is 2.62. The van der Waals surface area contributed by atoms with E-state index >= 15 is 0 Å². The van der Waals surface area contributed by atoms with Crippen LogP contribution in [0.1, 0.15) is 27.3 Å². The minimum absolute atomic E-state index is 0.0807. The minimum Gasteiger partial charge on any atom is -0.478 e. The SMILES string of the molecule is CN(C)CC1CC(O)CN1C(=O)c1ncccc1C(=O)O. The number of rotatable bonds is 4. The third-order valence-corrected chi connectivity index (χ3v) is 3.47. The number of hydrogen-bond acceptors (Lipinski definition) is 5. The fourth-order valence-electron chi connectivity index (χ4n) is 2.62. The van der Waals surface area contributed by atoms with Gasteiger partial charge in [-0.1, -0.05) is 0 Å². The first-order chi connectivity index (χ1) is 9.90. The van der Waals surface area contributed by atoms with E-state index in [1.54, 1.807) is 0 Å². The first kappa shape index (κ1) is 15.4. The van der Waals surface area contributed by atoms with Gasteiger partial charge in [0.05, 0.1) is 11.7 Å². The van der Waals surface area contributed by atoms with Crippen molar-refractivity contribution in [1.82, 2.24) is 14.8 Å². The molecular formula is C14H19N3O4. The lowest BCUT2D eigenvalue weighted by molar-refractivity contribution is 0.0651. The third kappa shape index (κ3) is 3.37. The number of carboxylic acids is 1. The molecule has 0 radical (unpaired) electrons. The van der Waals surface area contributed by atoms with Crippen LogP contribution in [0.25, 0.3) is 0 Å². The Hall–Kier alpha value is -1.99. The molecule has 1 amide bonds. The summed E-state index contributed by atoms with van der Waals surface area (Å²) in [6.45, 7) is 0.811. The molecule has 7 nitrogen and oxygen atoms in total. The Labute approximate surface area is 122 Å². The molecule has 1 aliphatic rings. The molecule has 1 fully saturated rings. The molecule has 114 valence electrons. The Morgan fingerprint density at radius 3 is 2.81 bits per heavy atom. The largest absolute Gasteiger partial charge is 0.478 e. The number of likely N-dealkylation sites (N-methyl/N-ethyl adjacent to an activating group) is 1. The molecule has 0 aromatic carbocycles. The second-order valence-corrected chi connectivity index (χ2v) is 5.47. The number of aromatic carboxylic acids is 1. The predicted molar refractivity (Wildman–Crippen MR) is 75.2 cm³/mol. The third-order valence-electron chi connectivity index (χ3n) is 3.47. The number of aliphatic hydroxyl groups excluding tert-OH is 1. The summed E-state index contributed by atoms with van der Waals surface area (Å²) in [5, 5.41) is 19.0. The first-order valence-corrected chi connectivity index (χ1v) is 6.72. The number of likely N-dealkylation sites (tertiary alicyclic amines) is 1. The summed E-state index contributed by atoms with van der Waals surface area (Å²) in [5.74, 6) is -1.63. The summed E-state index contributed by atoms with van der Waals surface area (Å²) in [7, 11) is 3.77. The number of carbonyl (C=O) groups excluding carboxylic acids is 1. The van der Waals surface area contributed by atoms with Gasteiger partial charge in [-0.3, -0.25) is 9.78 Å². The fraction of sp³-hybridized carbons (Fsp3) is 0.500. The van der Waals surface area contributed by atoms with Crippen molar-refractivity contribution in [3.05, 3.63) is 29.6 Å². The molecule has 21 heavy (non-hydrogen) atoms. The van der Waals surface area contributed by atoms with Crippen molar-refractivity contribution in [3.63, 3.8) is 0 Å². The van der Waals surface area contributed by atoms with E-state index in [-0.39, 0.29) is 23.8 Å². The monoisotopic (exact) mass is 293 g/mol. The first-order valence-electron chi connectivity index (χ1n) is 6.72. The molecule has 1 saturated heterocycles. The van der Waals surface area contributed by atoms with Crippen LogP contribution < -0.4 is 0 Å². The molecular weight excluding hydrogens is 274 g/mol. The summed E-state index contributed by atoms with van der Waals surface area (Å²) < 4.78 is 0. The van der Waals surface area contributed by atoms with Crippen LogP contribution in [0.15, 0.2) is 18.3 Å². The Morgan fingerprint density at radius 2 is 2.19 bits per heavy atom. The van der Waals surface area contributed by atoms with Crippen LogP contribution in [0.5, 0.6) is 0 Å². The quantitative estimate of drug-likeness (QED) is 0.806. The zero-order chi connectivity index (χ0) is 15.6. The Morgan fingerprint density at radius 1 is 1.48 bits per heavy atom. The van der Waals surface area contributed by atoms with Crippen LogP contribution in [0, 0.1) is 0 Å². The van der Waals surface area contributed by atoms with E-state index in [1.807, 2.05) is 19.0 Å². The van der Waals surface area contributed by atoms with Crippen molar-refractivity contribution < 1.29 is 19.8 Å². The second-order valence-electron chi connectivity index (χ2n) is 5.47. The highest BCUT2D eigenvalue weighted by Crippen LogP contribution is 2.21. The molecule has 0 saturated carbocycles. The summed E-state index contributed by atoms with van der Waals surface area (Å²) in [4.78, 5) is 31.1. The number of carboxylic acid groups (broad SMARTS) is 1. The van der Waals surface area contributed by atoms with E-state index in [2.05, 4.69) is 4.98 Å². The Bertz CT molecular complexity index is 547. The van der Waals surface area contributed by atoms with E-state index in [0.717, 1.165) is 0 Å². The van der Waals surface area contributed by atoms with E-state index < -0.39 is 18.0 Å². The Balaban J connectivity index is 2.28. The van der Waals surface area contributed by atoms with Crippen LogP contribution >= 0.6 is 0 Å². The summed E-state index contributed by atoms with van der Waals surface area (Å²) >= 11 is 0. The van der Waals surface area contributed by atoms with Gasteiger partial charge in [0.15, 0.2) is 0 Å². The van der Waals surface area contributed by atoms with Gasteiger partial charge >= 0.3 is 5.97 Å². The van der Waals surface area contributed by atoms with E-state index in [4.69, 9.17) is 5.11 Å². The lowest BCUT2D eigenvalue weighted by Crippen LogP contribution is -2.42. The minimum atomic E-state index is -1.18. The average Bonchev–Trinajstić information content (AvgIpc) is 2.77. The number of nitrogens with zero attached hydrogens (tertiary/aromatic N) is 3. The van der Waals surface area contributed by atoms with Gasteiger partial charge in [-0.2, -0.15) is 0 Å². The van der Waals surface area contributed by atoms with Crippen molar-refractivity contribution in [2.24, 2.45) is 0 Å². The molecule has 1 aromatic rings. The molecule has 2 rings (SSSR count).